The van der Waals surface area contributed by atoms with E-state index >= 15 is 0 Å². The molecule has 1 aliphatic rings. The van der Waals surface area contributed by atoms with Crippen LogP contribution in [0.15, 0.2) is 64.4 Å². The molecule has 0 spiro atoms. The van der Waals surface area contributed by atoms with Crippen LogP contribution in [-0.2, 0) is 13.0 Å². The minimum atomic E-state index is -0.147. The van der Waals surface area contributed by atoms with Crippen molar-refractivity contribution in [3.05, 3.63) is 80.3 Å². The fraction of sp³-hybridized carbons (Fsp3) is 0.143. The van der Waals surface area contributed by atoms with Gasteiger partial charge in [0.05, 0.1) is 10.6 Å². The molecule has 1 aliphatic heterocycles. The second-order valence-corrected chi connectivity index (χ2v) is 7.21. The van der Waals surface area contributed by atoms with E-state index in [4.69, 9.17) is 0 Å². The first-order valence-electron chi connectivity index (χ1n) is 8.47. The Morgan fingerprint density at radius 1 is 1.12 bits per heavy atom. The smallest absolute Gasteiger partial charge is 0.310 e. The number of hydrogen-bond donors (Lipinski definition) is 1. The molecule has 0 radical (unpaired) electrons. The Morgan fingerprint density at radius 3 is 2.65 bits per heavy atom. The monoisotopic (exact) mass is 362 g/mol. The van der Waals surface area contributed by atoms with Gasteiger partial charge in [0.1, 0.15) is 0 Å². The molecule has 0 saturated carbocycles. The van der Waals surface area contributed by atoms with Crippen LogP contribution in [0.4, 0.5) is 5.69 Å². The number of allylic oxidation sites excluding steroid dienone is 1. The van der Waals surface area contributed by atoms with E-state index in [1.54, 1.807) is 0 Å². The van der Waals surface area contributed by atoms with E-state index < -0.39 is 0 Å². The lowest BCUT2D eigenvalue weighted by Crippen LogP contribution is -2.13. The summed E-state index contributed by atoms with van der Waals surface area (Å²) in [5.74, 6) is 0.0283. The van der Waals surface area contributed by atoms with Crippen molar-refractivity contribution in [3.8, 4) is 5.88 Å². The summed E-state index contributed by atoms with van der Waals surface area (Å²) in [6, 6.07) is 17.8. The number of hydrogen-bond acceptors (Lipinski definition) is 4. The maximum Gasteiger partial charge on any atom is 0.310 e. The van der Waals surface area contributed by atoms with Gasteiger partial charge < -0.3 is 5.11 Å². The SMILES string of the molecule is CC1=Nc2ccccc2C1=Cc1sc(=O)n(CCc2ccccc2)c1O. The van der Waals surface area contributed by atoms with Crippen molar-refractivity contribution in [2.45, 2.75) is 19.9 Å². The summed E-state index contributed by atoms with van der Waals surface area (Å²) >= 11 is 1.07. The van der Waals surface area contributed by atoms with Gasteiger partial charge in [0.15, 0.2) is 0 Å². The van der Waals surface area contributed by atoms with E-state index in [1.165, 1.54) is 4.57 Å². The Bertz CT molecular complexity index is 1070. The highest BCUT2D eigenvalue weighted by atomic mass is 32.1. The number of rotatable bonds is 4. The lowest BCUT2D eigenvalue weighted by Gasteiger charge is -2.04. The van der Waals surface area contributed by atoms with Crippen molar-refractivity contribution in [1.82, 2.24) is 4.57 Å². The van der Waals surface area contributed by atoms with Crippen molar-refractivity contribution in [2.24, 2.45) is 4.99 Å². The van der Waals surface area contributed by atoms with E-state index in [0.717, 1.165) is 39.4 Å². The van der Waals surface area contributed by atoms with Crippen molar-refractivity contribution in [2.75, 3.05) is 0 Å². The molecular formula is C21H18N2O2S. The minimum absolute atomic E-state index is 0.0283. The molecule has 0 fully saturated rings. The summed E-state index contributed by atoms with van der Waals surface area (Å²) in [7, 11) is 0. The molecule has 26 heavy (non-hydrogen) atoms. The lowest BCUT2D eigenvalue weighted by molar-refractivity contribution is 0.412. The Kier molecular flexibility index (Phi) is 4.31. The summed E-state index contributed by atoms with van der Waals surface area (Å²) in [5, 5.41) is 10.6. The number of fused-ring (bicyclic) bond motifs is 1. The molecular weight excluding hydrogens is 344 g/mol. The van der Waals surface area contributed by atoms with Crippen LogP contribution in [0.3, 0.4) is 0 Å². The number of aromatic hydroxyl groups is 1. The molecule has 4 rings (SSSR count). The second-order valence-electron chi connectivity index (χ2n) is 6.22. The van der Waals surface area contributed by atoms with Crippen LogP contribution in [0.5, 0.6) is 5.88 Å². The Balaban J connectivity index is 1.65. The zero-order chi connectivity index (χ0) is 18.1. The summed E-state index contributed by atoms with van der Waals surface area (Å²) in [5.41, 5.74) is 4.93. The highest BCUT2D eigenvalue weighted by molar-refractivity contribution is 7.10. The highest BCUT2D eigenvalue weighted by Crippen LogP contribution is 2.37. The van der Waals surface area contributed by atoms with Gasteiger partial charge in [-0.05, 0) is 31.1 Å². The van der Waals surface area contributed by atoms with Crippen LogP contribution in [0, 0.1) is 0 Å². The van der Waals surface area contributed by atoms with Crippen LogP contribution in [-0.4, -0.2) is 15.4 Å². The molecule has 3 aromatic rings. The first-order valence-corrected chi connectivity index (χ1v) is 9.28. The van der Waals surface area contributed by atoms with Crippen molar-refractivity contribution in [1.29, 1.82) is 0 Å². The van der Waals surface area contributed by atoms with Gasteiger partial charge in [0, 0.05) is 23.4 Å². The molecule has 0 bridgehead atoms. The van der Waals surface area contributed by atoms with Gasteiger partial charge in [-0.2, -0.15) is 0 Å². The number of para-hydroxylation sites is 1. The Labute approximate surface area is 155 Å². The Morgan fingerprint density at radius 2 is 1.85 bits per heavy atom. The average Bonchev–Trinajstić information content (AvgIpc) is 3.11. The van der Waals surface area contributed by atoms with Gasteiger partial charge >= 0.3 is 4.87 Å². The topological polar surface area (TPSA) is 54.6 Å². The third-order valence-electron chi connectivity index (χ3n) is 4.51. The predicted molar refractivity (Wildman–Crippen MR) is 107 cm³/mol. The lowest BCUT2D eigenvalue weighted by atomic mass is 10.0. The fourth-order valence-electron chi connectivity index (χ4n) is 3.14. The molecule has 4 nitrogen and oxygen atoms in total. The number of aliphatic imine (C=N–C) groups is 1. The third-order valence-corrected chi connectivity index (χ3v) is 5.42. The van der Waals surface area contributed by atoms with Gasteiger partial charge in [0.2, 0.25) is 5.88 Å². The second kappa shape index (κ2) is 6.77. The molecule has 130 valence electrons. The van der Waals surface area contributed by atoms with Gasteiger partial charge in [0.25, 0.3) is 0 Å². The minimum Gasteiger partial charge on any atom is -0.493 e. The average molecular weight is 362 g/mol. The van der Waals surface area contributed by atoms with E-state index in [-0.39, 0.29) is 10.8 Å². The summed E-state index contributed by atoms with van der Waals surface area (Å²) in [6.07, 6.45) is 2.56. The quantitative estimate of drug-likeness (QED) is 0.743. The van der Waals surface area contributed by atoms with Crippen LogP contribution in [0.2, 0.25) is 0 Å². The molecule has 0 amide bonds. The first kappa shape index (κ1) is 16.5. The fourth-order valence-corrected chi connectivity index (χ4v) is 3.99. The molecule has 1 N–H and O–H groups in total. The van der Waals surface area contributed by atoms with Gasteiger partial charge in [-0.15, -0.1) is 0 Å². The molecule has 0 aliphatic carbocycles. The zero-order valence-corrected chi connectivity index (χ0v) is 15.2. The molecule has 0 saturated heterocycles. The number of benzene rings is 2. The van der Waals surface area contributed by atoms with Crippen LogP contribution in [0.1, 0.15) is 22.9 Å². The molecule has 0 unspecified atom stereocenters. The van der Waals surface area contributed by atoms with Crippen molar-refractivity contribution < 1.29 is 5.11 Å². The molecule has 0 atom stereocenters. The van der Waals surface area contributed by atoms with Crippen LogP contribution in [0.25, 0.3) is 11.6 Å². The number of aromatic nitrogens is 1. The largest absolute Gasteiger partial charge is 0.493 e. The van der Waals surface area contributed by atoms with Crippen molar-refractivity contribution >= 4 is 34.4 Å². The van der Waals surface area contributed by atoms with Gasteiger partial charge in [-0.1, -0.05) is 59.9 Å². The maximum atomic E-state index is 12.3. The van der Waals surface area contributed by atoms with Crippen LogP contribution >= 0.6 is 11.3 Å². The van der Waals surface area contributed by atoms with E-state index in [2.05, 4.69) is 4.99 Å². The van der Waals surface area contributed by atoms with E-state index in [1.807, 2.05) is 67.6 Å². The van der Waals surface area contributed by atoms with Gasteiger partial charge in [-0.25, -0.2) is 0 Å². The maximum absolute atomic E-state index is 12.3. The standard InChI is InChI=1S/C21H18N2O2S/c1-14-17(16-9-5-6-10-18(16)22-14)13-19-20(24)23(21(25)26-19)12-11-15-7-3-2-4-8-15/h2-10,13,24H,11-12H2,1H3. The summed E-state index contributed by atoms with van der Waals surface area (Å²) < 4.78 is 1.44. The zero-order valence-electron chi connectivity index (χ0n) is 14.3. The third kappa shape index (κ3) is 3.02. The predicted octanol–water partition coefficient (Wildman–Crippen LogP) is 4.50. The van der Waals surface area contributed by atoms with E-state index in [0.29, 0.717) is 17.8 Å². The summed E-state index contributed by atoms with van der Waals surface area (Å²) in [6.45, 7) is 2.40. The van der Waals surface area contributed by atoms with Crippen molar-refractivity contribution in [3.63, 3.8) is 0 Å². The number of aryl methyl sites for hydroxylation is 1. The normalized spacial score (nSPS) is 14.5. The Hall–Kier alpha value is -2.92. The molecule has 5 heteroatoms. The molecule has 1 aromatic heterocycles. The number of nitrogens with zero attached hydrogens (tertiary/aromatic N) is 2. The molecule has 2 heterocycles. The van der Waals surface area contributed by atoms with Gasteiger partial charge in [-0.3, -0.25) is 14.4 Å². The van der Waals surface area contributed by atoms with E-state index in [9.17, 15) is 9.90 Å². The number of thiazole rings is 1. The summed E-state index contributed by atoms with van der Waals surface area (Å²) in [4.78, 5) is 17.3. The molecule has 2 aromatic carbocycles. The first-order chi connectivity index (χ1) is 12.6. The highest BCUT2D eigenvalue weighted by Gasteiger charge is 2.19. The van der Waals surface area contributed by atoms with Crippen LogP contribution < -0.4 is 4.87 Å².